The molecule has 1 atom stereocenters. The summed E-state index contributed by atoms with van der Waals surface area (Å²) < 4.78 is 0. The zero-order valence-electron chi connectivity index (χ0n) is 17.1. The number of hydrogen-bond donors (Lipinski definition) is 0. The number of allylic oxidation sites excluding steroid dienone is 2. The van der Waals surface area contributed by atoms with E-state index in [1.54, 1.807) is 0 Å². The van der Waals surface area contributed by atoms with Crippen LogP contribution in [0.1, 0.15) is 41.8 Å². The average molecular weight is 370 g/mol. The molecule has 0 spiro atoms. The predicted molar refractivity (Wildman–Crippen MR) is 118 cm³/mol. The number of hydrogen-bond acceptors (Lipinski definition) is 2. The minimum absolute atomic E-state index is 0.190. The molecule has 2 heteroatoms. The molecule has 0 heterocycles. The highest BCUT2D eigenvalue weighted by Gasteiger charge is 2.31. The number of rotatable bonds is 4. The fourth-order valence-corrected chi connectivity index (χ4v) is 4.49. The molecule has 0 saturated heterocycles. The van der Waals surface area contributed by atoms with E-state index in [2.05, 4.69) is 75.2 Å². The Kier molecular flexibility index (Phi) is 4.80. The van der Waals surface area contributed by atoms with Gasteiger partial charge in [0.05, 0.1) is 5.69 Å². The van der Waals surface area contributed by atoms with Gasteiger partial charge < -0.3 is 4.90 Å². The number of carbonyl (C=O) groups is 1. The number of ketones is 1. The van der Waals surface area contributed by atoms with Crippen molar-refractivity contribution in [3.63, 3.8) is 0 Å². The molecule has 0 N–H and O–H groups in total. The molecule has 3 aromatic carbocycles. The van der Waals surface area contributed by atoms with Gasteiger partial charge in [0, 0.05) is 35.7 Å². The molecule has 0 saturated carbocycles. The Bertz CT molecular complexity index is 1090. The fraction of sp³-hybridized carbons (Fsp3) is 0.269. The topological polar surface area (TPSA) is 20.3 Å². The highest BCUT2D eigenvalue weighted by atomic mass is 16.1. The van der Waals surface area contributed by atoms with Gasteiger partial charge in [0.25, 0.3) is 0 Å². The lowest BCUT2D eigenvalue weighted by atomic mass is 9.94. The highest BCUT2D eigenvalue weighted by Crippen LogP contribution is 2.38. The third-order valence-corrected chi connectivity index (χ3v) is 6.09. The molecule has 142 valence electrons. The number of fused-ring (bicyclic) bond motifs is 2. The minimum Gasteiger partial charge on any atom is -0.347 e. The summed E-state index contributed by atoms with van der Waals surface area (Å²) >= 11 is 0. The van der Waals surface area contributed by atoms with Crippen LogP contribution in [0.2, 0.25) is 0 Å². The van der Waals surface area contributed by atoms with Crippen LogP contribution < -0.4 is 4.90 Å². The molecule has 0 bridgehead atoms. The summed E-state index contributed by atoms with van der Waals surface area (Å²) in [6, 6.07) is 20.9. The van der Waals surface area contributed by atoms with Crippen molar-refractivity contribution in [2.75, 3.05) is 11.9 Å². The standard InChI is InChI=1S/C26H27NO/c1-5-17(2)24(23-16-20-11-7-9-13-22(20)26(23)28)27(4)25-18(3)14-15-19-10-6-8-12-21(19)25/h6-15,17H,5,16H2,1-4H3/b24-23+. The maximum absolute atomic E-state index is 13.3. The Morgan fingerprint density at radius 2 is 1.75 bits per heavy atom. The van der Waals surface area contributed by atoms with E-state index in [1.807, 2.05) is 18.2 Å². The summed E-state index contributed by atoms with van der Waals surface area (Å²) in [5, 5.41) is 2.46. The monoisotopic (exact) mass is 369 g/mol. The van der Waals surface area contributed by atoms with Gasteiger partial charge in [0.2, 0.25) is 0 Å². The van der Waals surface area contributed by atoms with E-state index in [9.17, 15) is 4.79 Å². The van der Waals surface area contributed by atoms with Gasteiger partial charge >= 0.3 is 0 Å². The van der Waals surface area contributed by atoms with Gasteiger partial charge in [-0.3, -0.25) is 4.79 Å². The molecule has 4 rings (SSSR count). The maximum Gasteiger partial charge on any atom is 0.191 e. The second-order valence-electron chi connectivity index (χ2n) is 7.85. The van der Waals surface area contributed by atoms with E-state index >= 15 is 0 Å². The summed E-state index contributed by atoms with van der Waals surface area (Å²) in [7, 11) is 2.12. The molecule has 0 amide bonds. The van der Waals surface area contributed by atoms with Gasteiger partial charge in [-0.2, -0.15) is 0 Å². The minimum atomic E-state index is 0.190. The molecule has 1 unspecified atom stereocenters. The van der Waals surface area contributed by atoms with Crippen molar-refractivity contribution in [1.82, 2.24) is 0 Å². The van der Waals surface area contributed by atoms with E-state index in [0.29, 0.717) is 5.92 Å². The van der Waals surface area contributed by atoms with Crippen molar-refractivity contribution in [2.45, 2.75) is 33.6 Å². The number of nitrogens with zero attached hydrogens (tertiary/aromatic N) is 1. The number of anilines is 1. The summed E-state index contributed by atoms with van der Waals surface area (Å²) in [5.74, 6) is 0.493. The highest BCUT2D eigenvalue weighted by molar-refractivity contribution is 6.14. The Morgan fingerprint density at radius 3 is 2.50 bits per heavy atom. The number of carbonyl (C=O) groups excluding carboxylic acids is 1. The first-order valence-corrected chi connectivity index (χ1v) is 10.1. The van der Waals surface area contributed by atoms with E-state index in [4.69, 9.17) is 0 Å². The SMILES string of the molecule is CCC(C)/C(=C1/Cc2ccccc2C1=O)N(C)c1c(C)ccc2ccccc12. The Hall–Kier alpha value is -2.87. The van der Waals surface area contributed by atoms with Crippen molar-refractivity contribution in [2.24, 2.45) is 5.92 Å². The molecule has 3 aromatic rings. The Morgan fingerprint density at radius 1 is 1.04 bits per heavy atom. The van der Waals surface area contributed by atoms with Gasteiger partial charge in [-0.05, 0) is 35.8 Å². The Labute approximate surface area is 167 Å². The quantitative estimate of drug-likeness (QED) is 0.501. The molecule has 0 aromatic heterocycles. The van der Waals surface area contributed by atoms with Crippen molar-refractivity contribution in [3.8, 4) is 0 Å². The van der Waals surface area contributed by atoms with E-state index in [-0.39, 0.29) is 5.78 Å². The second kappa shape index (κ2) is 7.27. The van der Waals surface area contributed by atoms with Gasteiger partial charge in [-0.1, -0.05) is 74.5 Å². The smallest absolute Gasteiger partial charge is 0.191 e. The first-order valence-electron chi connectivity index (χ1n) is 10.1. The van der Waals surface area contributed by atoms with Gasteiger partial charge in [-0.25, -0.2) is 0 Å². The van der Waals surface area contributed by atoms with Crippen molar-refractivity contribution >= 4 is 22.2 Å². The van der Waals surface area contributed by atoms with Crippen LogP contribution in [0.25, 0.3) is 10.8 Å². The van der Waals surface area contributed by atoms with Crippen LogP contribution in [0.15, 0.2) is 71.9 Å². The molecule has 2 nitrogen and oxygen atoms in total. The lowest BCUT2D eigenvalue weighted by Gasteiger charge is -2.31. The molecule has 1 aliphatic carbocycles. The number of aryl methyl sites for hydroxylation is 1. The Balaban J connectivity index is 1.92. The first kappa shape index (κ1) is 18.5. The van der Waals surface area contributed by atoms with Crippen LogP contribution in [0, 0.1) is 12.8 Å². The third kappa shape index (κ3) is 2.93. The van der Waals surface area contributed by atoms with Crippen LogP contribution in [-0.4, -0.2) is 12.8 Å². The molecule has 28 heavy (non-hydrogen) atoms. The van der Waals surface area contributed by atoms with Gasteiger partial charge in [0.1, 0.15) is 0 Å². The fourth-order valence-electron chi connectivity index (χ4n) is 4.49. The van der Waals surface area contributed by atoms with Gasteiger partial charge in [-0.15, -0.1) is 0 Å². The third-order valence-electron chi connectivity index (χ3n) is 6.09. The predicted octanol–water partition coefficient (Wildman–Crippen LogP) is 6.32. The average Bonchev–Trinajstić information content (AvgIpc) is 3.04. The lowest BCUT2D eigenvalue weighted by molar-refractivity contribution is 0.103. The normalized spacial score (nSPS) is 16.2. The van der Waals surface area contributed by atoms with Crippen LogP contribution in [0.5, 0.6) is 0 Å². The number of Topliss-reactive ketones (excluding diaryl/α,β-unsaturated/α-hetero) is 1. The van der Waals surface area contributed by atoms with Crippen molar-refractivity contribution in [1.29, 1.82) is 0 Å². The molecule has 0 aliphatic heterocycles. The van der Waals surface area contributed by atoms with Gasteiger partial charge in [0.15, 0.2) is 5.78 Å². The van der Waals surface area contributed by atoms with Crippen molar-refractivity contribution < 1.29 is 4.79 Å². The van der Waals surface area contributed by atoms with Crippen LogP contribution >= 0.6 is 0 Å². The molecule has 0 radical (unpaired) electrons. The molecular formula is C26H27NO. The van der Waals surface area contributed by atoms with E-state index in [1.165, 1.54) is 22.0 Å². The van der Waals surface area contributed by atoms with Crippen LogP contribution in [0.3, 0.4) is 0 Å². The summed E-state index contributed by atoms with van der Waals surface area (Å²) in [6.07, 6.45) is 1.72. The summed E-state index contributed by atoms with van der Waals surface area (Å²) in [5.41, 5.74) is 6.54. The number of benzene rings is 3. The molecule has 0 fully saturated rings. The zero-order chi connectivity index (χ0) is 19.8. The second-order valence-corrected chi connectivity index (χ2v) is 7.85. The van der Waals surface area contributed by atoms with Crippen molar-refractivity contribution in [3.05, 3.63) is 88.6 Å². The largest absolute Gasteiger partial charge is 0.347 e. The van der Waals surface area contributed by atoms with Crippen LogP contribution in [-0.2, 0) is 6.42 Å². The summed E-state index contributed by atoms with van der Waals surface area (Å²) in [4.78, 5) is 15.5. The lowest BCUT2D eigenvalue weighted by Crippen LogP contribution is -2.26. The molecule has 1 aliphatic rings. The maximum atomic E-state index is 13.3. The molecular weight excluding hydrogens is 342 g/mol. The van der Waals surface area contributed by atoms with E-state index < -0.39 is 0 Å². The zero-order valence-corrected chi connectivity index (χ0v) is 17.1. The van der Waals surface area contributed by atoms with Crippen LogP contribution in [0.4, 0.5) is 5.69 Å². The summed E-state index contributed by atoms with van der Waals surface area (Å²) in [6.45, 7) is 6.58. The first-order chi connectivity index (χ1) is 13.5. The van der Waals surface area contributed by atoms with E-state index in [0.717, 1.165) is 35.2 Å².